The van der Waals surface area contributed by atoms with E-state index in [0.717, 1.165) is 51.9 Å². The number of carbonyl (C=O) groups excluding carboxylic acids is 2. The van der Waals surface area contributed by atoms with Crippen LogP contribution in [0.3, 0.4) is 0 Å². The third kappa shape index (κ3) is 2.52. The fourth-order valence-corrected chi connectivity index (χ4v) is 4.84. The highest BCUT2D eigenvalue weighted by Gasteiger charge is 2.45. The second-order valence-electron chi connectivity index (χ2n) is 7.70. The van der Waals surface area contributed by atoms with Crippen molar-refractivity contribution >= 4 is 11.8 Å². The van der Waals surface area contributed by atoms with Gasteiger partial charge in [-0.1, -0.05) is 24.3 Å². The van der Waals surface area contributed by atoms with Crippen LogP contribution in [-0.2, 0) is 16.0 Å². The highest BCUT2D eigenvalue weighted by Crippen LogP contribution is 2.42. The molecule has 1 aromatic rings. The Morgan fingerprint density at radius 1 is 1.25 bits per heavy atom. The molecule has 1 aromatic carbocycles. The van der Waals surface area contributed by atoms with Gasteiger partial charge in [-0.05, 0) is 43.7 Å². The number of hydrogen-bond acceptors (Lipinski definition) is 2. The first-order valence-electron chi connectivity index (χ1n) is 9.26. The second kappa shape index (κ2) is 5.91. The van der Waals surface area contributed by atoms with Crippen molar-refractivity contribution in [2.45, 2.75) is 44.9 Å². The molecule has 4 nitrogen and oxygen atoms in total. The van der Waals surface area contributed by atoms with Gasteiger partial charge in [-0.15, -0.1) is 0 Å². The topological polar surface area (TPSA) is 40.6 Å². The van der Waals surface area contributed by atoms with Gasteiger partial charge >= 0.3 is 0 Å². The predicted molar refractivity (Wildman–Crippen MR) is 92.6 cm³/mol. The summed E-state index contributed by atoms with van der Waals surface area (Å²) in [5, 5.41) is 0. The van der Waals surface area contributed by atoms with E-state index in [0.29, 0.717) is 18.2 Å². The Labute approximate surface area is 143 Å². The molecule has 2 fully saturated rings. The molecule has 2 heterocycles. The maximum absolute atomic E-state index is 13.0. The molecule has 1 spiro atoms. The van der Waals surface area contributed by atoms with E-state index in [2.05, 4.69) is 23.1 Å². The number of fused-ring (bicyclic) bond motifs is 1. The van der Waals surface area contributed by atoms with Crippen LogP contribution < -0.4 is 0 Å². The number of likely N-dealkylation sites (tertiary alicyclic amines) is 2. The van der Waals surface area contributed by atoms with E-state index in [1.165, 1.54) is 11.1 Å². The summed E-state index contributed by atoms with van der Waals surface area (Å²) in [6.07, 6.45) is 4.58. The van der Waals surface area contributed by atoms with Crippen LogP contribution in [0.4, 0.5) is 0 Å². The minimum atomic E-state index is 0.0487. The number of amides is 2. The lowest BCUT2D eigenvalue weighted by molar-refractivity contribution is -0.135. The second-order valence-corrected chi connectivity index (χ2v) is 7.70. The first-order chi connectivity index (χ1) is 11.6. The summed E-state index contributed by atoms with van der Waals surface area (Å²) in [6.45, 7) is 5.36. The molecule has 0 aromatic heterocycles. The summed E-state index contributed by atoms with van der Waals surface area (Å²) in [4.78, 5) is 29.1. The molecule has 0 radical (unpaired) electrons. The molecule has 128 valence electrons. The summed E-state index contributed by atoms with van der Waals surface area (Å²) >= 11 is 0. The summed E-state index contributed by atoms with van der Waals surface area (Å²) in [7, 11) is 0. The zero-order chi connectivity index (χ0) is 16.7. The monoisotopic (exact) mass is 326 g/mol. The Hall–Kier alpha value is -1.84. The number of rotatable bonds is 2. The fourth-order valence-electron chi connectivity index (χ4n) is 4.84. The van der Waals surface area contributed by atoms with Crippen LogP contribution in [0.15, 0.2) is 24.3 Å². The van der Waals surface area contributed by atoms with Crippen molar-refractivity contribution in [3.05, 3.63) is 35.4 Å². The quantitative estimate of drug-likeness (QED) is 0.838. The van der Waals surface area contributed by atoms with Gasteiger partial charge in [0.15, 0.2) is 0 Å². The van der Waals surface area contributed by atoms with Crippen LogP contribution in [0.1, 0.15) is 49.7 Å². The van der Waals surface area contributed by atoms with E-state index < -0.39 is 0 Å². The summed E-state index contributed by atoms with van der Waals surface area (Å²) in [5.74, 6) is 0.640. The van der Waals surface area contributed by atoms with Gasteiger partial charge in [0, 0.05) is 38.0 Å². The van der Waals surface area contributed by atoms with Crippen molar-refractivity contribution in [2.75, 3.05) is 26.2 Å². The lowest BCUT2D eigenvalue weighted by Gasteiger charge is -2.39. The molecule has 1 aliphatic carbocycles. The highest BCUT2D eigenvalue weighted by molar-refractivity contribution is 5.85. The fraction of sp³-hybridized carbons (Fsp3) is 0.600. The van der Waals surface area contributed by atoms with Gasteiger partial charge in [0.2, 0.25) is 11.8 Å². The van der Waals surface area contributed by atoms with Crippen LogP contribution in [0.5, 0.6) is 0 Å². The van der Waals surface area contributed by atoms with Crippen molar-refractivity contribution in [2.24, 2.45) is 5.41 Å². The van der Waals surface area contributed by atoms with Gasteiger partial charge < -0.3 is 9.80 Å². The van der Waals surface area contributed by atoms with Crippen LogP contribution >= 0.6 is 0 Å². The molecule has 0 saturated carbocycles. The van der Waals surface area contributed by atoms with Gasteiger partial charge in [0.25, 0.3) is 0 Å². The van der Waals surface area contributed by atoms with E-state index >= 15 is 0 Å². The van der Waals surface area contributed by atoms with Crippen LogP contribution in [0, 0.1) is 5.41 Å². The van der Waals surface area contributed by atoms with Gasteiger partial charge in [-0.3, -0.25) is 9.59 Å². The number of carbonyl (C=O) groups is 2. The maximum Gasteiger partial charge on any atom is 0.230 e. The van der Waals surface area contributed by atoms with Crippen LogP contribution in [0.2, 0.25) is 0 Å². The third-order valence-corrected chi connectivity index (χ3v) is 6.35. The molecule has 0 unspecified atom stereocenters. The normalized spacial score (nSPS) is 25.4. The van der Waals surface area contributed by atoms with Crippen molar-refractivity contribution in [3.8, 4) is 0 Å². The molecule has 4 rings (SSSR count). The third-order valence-electron chi connectivity index (χ3n) is 6.35. The zero-order valence-corrected chi connectivity index (χ0v) is 14.5. The van der Waals surface area contributed by atoms with E-state index in [1.807, 2.05) is 17.9 Å². The van der Waals surface area contributed by atoms with E-state index in [-0.39, 0.29) is 11.3 Å². The molecule has 3 aliphatic rings. The van der Waals surface area contributed by atoms with Gasteiger partial charge in [0.05, 0.1) is 5.92 Å². The number of benzene rings is 1. The Kier molecular flexibility index (Phi) is 3.86. The molecule has 0 bridgehead atoms. The van der Waals surface area contributed by atoms with E-state index in [9.17, 15) is 9.59 Å². The molecule has 2 aliphatic heterocycles. The largest absolute Gasteiger partial charge is 0.342 e. The van der Waals surface area contributed by atoms with Crippen molar-refractivity contribution in [3.63, 3.8) is 0 Å². The smallest absolute Gasteiger partial charge is 0.230 e. The number of piperidine rings is 1. The van der Waals surface area contributed by atoms with Crippen molar-refractivity contribution in [1.29, 1.82) is 0 Å². The lowest BCUT2D eigenvalue weighted by atomic mass is 9.77. The lowest BCUT2D eigenvalue weighted by Crippen LogP contribution is -2.45. The first kappa shape index (κ1) is 15.7. The standard InChI is InChI=1S/C20H26N2O2/c1-2-21-14-20(13-18(21)23)9-11-22(12-10-20)19(24)17-8-7-15-5-3-4-6-16(15)17/h3-6,17H,2,7-14H2,1H3/t17-/m1/s1. The molecule has 4 heteroatoms. The maximum atomic E-state index is 13.0. The Morgan fingerprint density at radius 3 is 2.71 bits per heavy atom. The van der Waals surface area contributed by atoms with Crippen LogP contribution in [0.25, 0.3) is 0 Å². The molecule has 2 saturated heterocycles. The Bertz CT molecular complexity index is 661. The molecular weight excluding hydrogens is 300 g/mol. The molecule has 2 amide bonds. The summed E-state index contributed by atoms with van der Waals surface area (Å²) in [6, 6.07) is 8.37. The van der Waals surface area contributed by atoms with Gasteiger partial charge in [-0.2, -0.15) is 0 Å². The minimum Gasteiger partial charge on any atom is -0.342 e. The predicted octanol–water partition coefficient (Wildman–Crippen LogP) is 2.58. The first-order valence-corrected chi connectivity index (χ1v) is 9.26. The Balaban J connectivity index is 1.42. The van der Waals surface area contributed by atoms with Crippen molar-refractivity contribution < 1.29 is 9.59 Å². The van der Waals surface area contributed by atoms with Crippen molar-refractivity contribution in [1.82, 2.24) is 9.80 Å². The number of hydrogen-bond donors (Lipinski definition) is 0. The minimum absolute atomic E-state index is 0.0487. The van der Waals surface area contributed by atoms with Crippen LogP contribution in [-0.4, -0.2) is 47.8 Å². The molecular formula is C20H26N2O2. The number of aryl methyl sites for hydroxylation is 1. The average molecular weight is 326 g/mol. The summed E-state index contributed by atoms with van der Waals surface area (Å²) in [5.41, 5.74) is 2.69. The zero-order valence-electron chi connectivity index (χ0n) is 14.5. The van der Waals surface area contributed by atoms with E-state index in [1.54, 1.807) is 0 Å². The van der Waals surface area contributed by atoms with Gasteiger partial charge in [0.1, 0.15) is 0 Å². The van der Waals surface area contributed by atoms with Gasteiger partial charge in [-0.25, -0.2) is 0 Å². The SMILES string of the molecule is CCN1CC2(CCN(C(=O)[C@@H]3CCc4ccccc43)CC2)CC1=O. The average Bonchev–Trinajstić information content (AvgIpc) is 3.16. The number of nitrogens with zero attached hydrogens (tertiary/aromatic N) is 2. The molecule has 24 heavy (non-hydrogen) atoms. The summed E-state index contributed by atoms with van der Waals surface area (Å²) < 4.78 is 0. The molecule has 1 atom stereocenters. The highest BCUT2D eigenvalue weighted by atomic mass is 16.2. The molecule has 0 N–H and O–H groups in total. The van der Waals surface area contributed by atoms with E-state index in [4.69, 9.17) is 0 Å². The Morgan fingerprint density at radius 2 is 2.00 bits per heavy atom.